The van der Waals surface area contributed by atoms with Crippen LogP contribution in [-0.2, 0) is 4.74 Å². The van der Waals surface area contributed by atoms with Gasteiger partial charge in [-0.2, -0.15) is 5.26 Å². The van der Waals surface area contributed by atoms with E-state index < -0.39 is 5.60 Å². The van der Waals surface area contributed by atoms with Crippen LogP contribution in [0.2, 0.25) is 0 Å². The van der Waals surface area contributed by atoms with Gasteiger partial charge in [-0.1, -0.05) is 6.07 Å². The van der Waals surface area contributed by atoms with Gasteiger partial charge in [0.15, 0.2) is 0 Å². The van der Waals surface area contributed by atoms with Crippen LogP contribution in [0.4, 0.5) is 0 Å². The lowest BCUT2D eigenvalue weighted by atomic mass is 9.96. The van der Waals surface area contributed by atoms with Crippen molar-refractivity contribution in [2.45, 2.75) is 25.0 Å². The van der Waals surface area contributed by atoms with Gasteiger partial charge in [0.1, 0.15) is 5.60 Å². The zero-order valence-corrected chi connectivity index (χ0v) is 10.7. The summed E-state index contributed by atoms with van der Waals surface area (Å²) in [6, 6.07) is 8.43. The molecule has 1 saturated heterocycles. The Morgan fingerprint density at radius 3 is 3.11 bits per heavy atom. The molecule has 0 spiro atoms. The van der Waals surface area contributed by atoms with Crippen molar-refractivity contribution in [1.29, 1.82) is 5.26 Å². The molecule has 2 unspecified atom stereocenters. The third-order valence-electron chi connectivity index (χ3n) is 3.47. The van der Waals surface area contributed by atoms with Crippen LogP contribution in [0.15, 0.2) is 24.3 Å². The fraction of sp³-hybridized carbons (Fsp3) is 0.429. The number of carbonyl (C=O) groups excluding carboxylic acids is 1. The predicted octanol–water partition coefficient (Wildman–Crippen LogP) is 0.828. The molecular weight excluding hydrogens is 244 g/mol. The SMILES string of the molecule is CC1OCCC1(O)CNC(=O)c1cccc(C#N)c1. The van der Waals surface area contributed by atoms with Gasteiger partial charge < -0.3 is 15.2 Å². The normalized spacial score (nSPS) is 25.8. The van der Waals surface area contributed by atoms with Crippen molar-refractivity contribution in [3.05, 3.63) is 35.4 Å². The molecule has 0 aromatic heterocycles. The highest BCUT2D eigenvalue weighted by molar-refractivity contribution is 5.94. The van der Waals surface area contributed by atoms with Crippen molar-refractivity contribution in [2.75, 3.05) is 13.2 Å². The molecule has 0 saturated carbocycles. The Morgan fingerprint density at radius 1 is 1.68 bits per heavy atom. The number of aliphatic hydroxyl groups is 1. The molecule has 19 heavy (non-hydrogen) atoms. The van der Waals surface area contributed by atoms with Gasteiger partial charge in [-0.3, -0.25) is 4.79 Å². The summed E-state index contributed by atoms with van der Waals surface area (Å²) in [6.07, 6.45) is 0.213. The Balaban J connectivity index is 2.00. The fourth-order valence-corrected chi connectivity index (χ4v) is 2.07. The summed E-state index contributed by atoms with van der Waals surface area (Å²) in [6.45, 7) is 2.43. The van der Waals surface area contributed by atoms with Crippen LogP contribution in [0.3, 0.4) is 0 Å². The number of amides is 1. The Kier molecular flexibility index (Phi) is 3.84. The van der Waals surface area contributed by atoms with Crippen LogP contribution in [0, 0.1) is 11.3 Å². The van der Waals surface area contributed by atoms with Gasteiger partial charge in [-0.05, 0) is 25.1 Å². The van der Waals surface area contributed by atoms with Crippen LogP contribution in [0.25, 0.3) is 0 Å². The summed E-state index contributed by atoms with van der Waals surface area (Å²) in [5.41, 5.74) is -0.166. The maximum atomic E-state index is 11.9. The lowest BCUT2D eigenvalue weighted by Gasteiger charge is -2.26. The van der Waals surface area contributed by atoms with Gasteiger partial charge in [0.25, 0.3) is 5.91 Å². The number of benzene rings is 1. The lowest BCUT2D eigenvalue weighted by molar-refractivity contribution is -0.0251. The molecule has 5 heteroatoms. The standard InChI is InChI=1S/C14H16N2O3/c1-10-14(18,5-6-19-10)9-16-13(17)12-4-2-3-11(7-12)8-15/h2-4,7,10,18H,5-6,9H2,1H3,(H,16,17). The molecule has 1 aliphatic rings. The summed E-state index contributed by atoms with van der Waals surface area (Å²) in [4.78, 5) is 11.9. The van der Waals surface area contributed by atoms with Crippen molar-refractivity contribution in [3.8, 4) is 6.07 Å². The van der Waals surface area contributed by atoms with Gasteiger partial charge in [0, 0.05) is 25.1 Å². The molecule has 100 valence electrons. The molecule has 5 nitrogen and oxygen atoms in total. The average Bonchev–Trinajstić information content (AvgIpc) is 2.76. The van der Waals surface area contributed by atoms with E-state index in [9.17, 15) is 9.90 Å². The smallest absolute Gasteiger partial charge is 0.251 e. The Labute approximate surface area is 111 Å². The molecule has 2 atom stereocenters. The maximum Gasteiger partial charge on any atom is 0.251 e. The highest BCUT2D eigenvalue weighted by Crippen LogP contribution is 2.24. The Hall–Kier alpha value is -1.90. The minimum absolute atomic E-state index is 0.143. The van der Waals surface area contributed by atoms with Crippen LogP contribution in [-0.4, -0.2) is 35.9 Å². The first-order valence-corrected chi connectivity index (χ1v) is 6.17. The van der Waals surface area contributed by atoms with Crippen molar-refractivity contribution >= 4 is 5.91 Å². The average molecular weight is 260 g/mol. The third kappa shape index (κ3) is 2.92. The number of nitrogens with one attached hydrogen (secondary N) is 1. The monoisotopic (exact) mass is 260 g/mol. The van der Waals surface area contributed by atoms with Crippen molar-refractivity contribution in [2.24, 2.45) is 0 Å². The van der Waals surface area contributed by atoms with Crippen LogP contribution >= 0.6 is 0 Å². The van der Waals surface area contributed by atoms with Gasteiger partial charge >= 0.3 is 0 Å². The summed E-state index contributed by atoms with van der Waals surface area (Å²) in [5.74, 6) is -0.301. The number of carbonyl (C=O) groups is 1. The van der Waals surface area contributed by atoms with E-state index in [-0.39, 0.29) is 18.6 Å². The summed E-state index contributed by atoms with van der Waals surface area (Å²) in [5, 5.41) is 21.7. The van der Waals surface area contributed by atoms with Crippen molar-refractivity contribution < 1.29 is 14.6 Å². The second kappa shape index (κ2) is 5.39. The van der Waals surface area contributed by atoms with E-state index in [2.05, 4.69) is 5.32 Å². The summed E-state index contributed by atoms with van der Waals surface area (Å²) < 4.78 is 5.30. The second-order valence-electron chi connectivity index (χ2n) is 4.74. The Bertz CT molecular complexity index is 524. The van der Waals surface area contributed by atoms with E-state index in [1.807, 2.05) is 6.07 Å². The molecule has 1 aromatic rings. The van der Waals surface area contributed by atoms with Crippen LogP contribution in [0.1, 0.15) is 29.3 Å². The highest BCUT2D eigenvalue weighted by Gasteiger charge is 2.39. The fourth-order valence-electron chi connectivity index (χ4n) is 2.07. The first-order valence-electron chi connectivity index (χ1n) is 6.17. The van der Waals surface area contributed by atoms with Gasteiger partial charge in [0.2, 0.25) is 0 Å². The molecule has 0 bridgehead atoms. The molecule has 2 N–H and O–H groups in total. The topological polar surface area (TPSA) is 82.3 Å². The Morgan fingerprint density at radius 2 is 2.47 bits per heavy atom. The van der Waals surface area contributed by atoms with E-state index >= 15 is 0 Å². The predicted molar refractivity (Wildman–Crippen MR) is 68.5 cm³/mol. The van der Waals surface area contributed by atoms with Crippen LogP contribution in [0.5, 0.6) is 0 Å². The van der Waals surface area contributed by atoms with Crippen molar-refractivity contribution in [3.63, 3.8) is 0 Å². The number of hydrogen-bond acceptors (Lipinski definition) is 4. The first kappa shape index (κ1) is 13.5. The number of nitrogens with zero attached hydrogens (tertiary/aromatic N) is 1. The molecule has 0 radical (unpaired) electrons. The molecule has 1 aliphatic heterocycles. The molecular formula is C14H16N2O3. The molecule has 1 aromatic carbocycles. The maximum absolute atomic E-state index is 11.9. The number of ether oxygens (including phenoxy) is 1. The number of nitriles is 1. The zero-order valence-electron chi connectivity index (χ0n) is 10.7. The zero-order chi connectivity index (χ0) is 13.9. The van der Waals surface area contributed by atoms with E-state index in [1.54, 1.807) is 25.1 Å². The lowest BCUT2D eigenvalue weighted by Crippen LogP contribution is -2.47. The van der Waals surface area contributed by atoms with Crippen molar-refractivity contribution in [1.82, 2.24) is 5.32 Å². The summed E-state index contributed by atoms with van der Waals surface area (Å²) in [7, 11) is 0. The molecule has 1 heterocycles. The molecule has 1 fully saturated rings. The molecule has 1 amide bonds. The minimum atomic E-state index is -1.01. The first-order chi connectivity index (χ1) is 9.05. The van der Waals surface area contributed by atoms with E-state index in [0.717, 1.165) is 0 Å². The molecule has 0 aliphatic carbocycles. The van der Waals surface area contributed by atoms with Crippen LogP contribution < -0.4 is 5.32 Å². The van der Waals surface area contributed by atoms with Gasteiger partial charge in [-0.25, -0.2) is 0 Å². The van der Waals surface area contributed by atoms with E-state index in [1.165, 1.54) is 6.07 Å². The minimum Gasteiger partial charge on any atom is -0.385 e. The summed E-state index contributed by atoms with van der Waals surface area (Å²) >= 11 is 0. The number of hydrogen-bond donors (Lipinski definition) is 2. The van der Waals surface area contributed by atoms with E-state index in [0.29, 0.717) is 24.2 Å². The molecule has 2 rings (SSSR count). The largest absolute Gasteiger partial charge is 0.385 e. The highest BCUT2D eigenvalue weighted by atomic mass is 16.5. The quantitative estimate of drug-likeness (QED) is 0.843. The van der Waals surface area contributed by atoms with Gasteiger partial charge in [0.05, 0.1) is 17.7 Å². The second-order valence-corrected chi connectivity index (χ2v) is 4.74. The number of rotatable bonds is 3. The third-order valence-corrected chi connectivity index (χ3v) is 3.47. The van der Waals surface area contributed by atoms with Gasteiger partial charge in [-0.15, -0.1) is 0 Å². The van der Waals surface area contributed by atoms with E-state index in [4.69, 9.17) is 10.00 Å².